The Morgan fingerprint density at radius 1 is 1.07 bits per heavy atom. The van der Waals surface area contributed by atoms with Crippen molar-refractivity contribution in [2.24, 2.45) is 10.9 Å². The van der Waals surface area contributed by atoms with Gasteiger partial charge in [-0.2, -0.15) is 0 Å². The number of hydrogen-bond acceptors (Lipinski definition) is 5. The quantitative estimate of drug-likeness (QED) is 0.531. The Hall–Kier alpha value is -2.70. The topological polar surface area (TPSA) is 69.2 Å². The van der Waals surface area contributed by atoms with E-state index in [0.29, 0.717) is 19.6 Å². The van der Waals surface area contributed by atoms with Gasteiger partial charge in [0.2, 0.25) is 6.41 Å². The molecule has 2 aromatic rings. The lowest BCUT2D eigenvalue weighted by Gasteiger charge is -2.46. The summed E-state index contributed by atoms with van der Waals surface area (Å²) in [6, 6.07) is 18.9. The predicted molar refractivity (Wildman–Crippen MR) is 107 cm³/mol. The first-order valence-electron chi connectivity index (χ1n) is 9.52. The molecular weight excluding hydrogens is 356 g/mol. The minimum Gasteiger partial charge on any atom is -0.428 e. The number of carbonyl (C=O) groups excluding carboxylic acids is 1. The lowest BCUT2D eigenvalue weighted by Crippen LogP contribution is -2.54. The van der Waals surface area contributed by atoms with Crippen LogP contribution in [-0.2, 0) is 19.0 Å². The van der Waals surface area contributed by atoms with E-state index in [1.807, 2.05) is 74.5 Å². The molecule has 1 amide bonds. The molecule has 2 aromatic carbocycles. The first-order valence-corrected chi connectivity index (χ1v) is 9.52. The van der Waals surface area contributed by atoms with Crippen LogP contribution in [0.3, 0.4) is 0 Å². The molecule has 1 aliphatic rings. The maximum Gasteiger partial charge on any atom is 0.335 e. The monoisotopic (exact) mass is 382 g/mol. The van der Waals surface area contributed by atoms with Crippen LogP contribution in [0.25, 0.3) is 0 Å². The zero-order chi connectivity index (χ0) is 19.8. The molecule has 0 radical (unpaired) electrons. The molecule has 28 heavy (non-hydrogen) atoms. The lowest BCUT2D eigenvalue weighted by molar-refractivity contribution is -0.383. The highest BCUT2D eigenvalue weighted by atomic mass is 16.9. The SMILES string of the molecule is CCOC1(OCC)OC=N[C@@H](c2ccccc2)[C@@H]1[C@H](NC=O)c1ccccc1. The minimum absolute atomic E-state index is 0.328. The van der Waals surface area contributed by atoms with E-state index in [9.17, 15) is 4.79 Å². The molecular formula is C22H26N2O4. The van der Waals surface area contributed by atoms with Gasteiger partial charge in [0.15, 0.2) is 6.40 Å². The zero-order valence-electron chi connectivity index (χ0n) is 16.2. The first-order chi connectivity index (χ1) is 13.8. The molecule has 0 fully saturated rings. The van der Waals surface area contributed by atoms with Gasteiger partial charge in [-0.15, -0.1) is 0 Å². The number of benzene rings is 2. The highest BCUT2D eigenvalue weighted by molar-refractivity contribution is 5.52. The second-order valence-electron chi connectivity index (χ2n) is 6.40. The van der Waals surface area contributed by atoms with Crippen molar-refractivity contribution >= 4 is 12.8 Å². The summed E-state index contributed by atoms with van der Waals surface area (Å²) in [4.78, 5) is 16.1. The second-order valence-corrected chi connectivity index (χ2v) is 6.40. The zero-order valence-corrected chi connectivity index (χ0v) is 16.2. The van der Waals surface area contributed by atoms with Crippen molar-refractivity contribution in [1.82, 2.24) is 5.32 Å². The molecule has 0 saturated carbocycles. The van der Waals surface area contributed by atoms with Gasteiger partial charge in [0, 0.05) is 0 Å². The van der Waals surface area contributed by atoms with E-state index in [0.717, 1.165) is 11.1 Å². The third-order valence-corrected chi connectivity index (χ3v) is 4.78. The summed E-state index contributed by atoms with van der Waals surface area (Å²) in [5.74, 6) is -1.82. The third-order valence-electron chi connectivity index (χ3n) is 4.78. The Kier molecular flexibility index (Phi) is 6.79. The molecule has 148 valence electrons. The fourth-order valence-electron chi connectivity index (χ4n) is 3.71. The van der Waals surface area contributed by atoms with E-state index in [2.05, 4.69) is 10.3 Å². The first kappa shape index (κ1) is 20.0. The molecule has 0 aliphatic carbocycles. The van der Waals surface area contributed by atoms with Crippen molar-refractivity contribution in [1.29, 1.82) is 0 Å². The Labute approximate surface area is 165 Å². The van der Waals surface area contributed by atoms with Crippen molar-refractivity contribution in [2.75, 3.05) is 13.2 Å². The predicted octanol–water partition coefficient (Wildman–Crippen LogP) is 3.62. The van der Waals surface area contributed by atoms with Crippen LogP contribution in [0.1, 0.15) is 37.1 Å². The number of nitrogens with one attached hydrogen (secondary N) is 1. The molecule has 0 saturated heterocycles. The summed E-state index contributed by atoms with van der Waals surface area (Å²) in [6.45, 7) is 4.53. The van der Waals surface area contributed by atoms with Crippen LogP contribution in [0.2, 0.25) is 0 Å². The summed E-state index contributed by atoms with van der Waals surface area (Å²) in [5.41, 5.74) is 1.91. The number of carbonyl (C=O) groups is 1. The molecule has 3 atom stereocenters. The van der Waals surface area contributed by atoms with Crippen LogP contribution in [0.5, 0.6) is 0 Å². The van der Waals surface area contributed by atoms with E-state index < -0.39 is 17.9 Å². The van der Waals surface area contributed by atoms with Gasteiger partial charge < -0.3 is 19.5 Å². The Morgan fingerprint density at radius 3 is 2.25 bits per heavy atom. The second kappa shape index (κ2) is 9.48. The molecule has 0 bridgehead atoms. The van der Waals surface area contributed by atoms with E-state index in [1.54, 1.807) is 0 Å². The Balaban J connectivity index is 2.15. The number of aliphatic imine (C=N–C) groups is 1. The van der Waals surface area contributed by atoms with Crippen molar-refractivity contribution in [3.63, 3.8) is 0 Å². The van der Waals surface area contributed by atoms with Gasteiger partial charge in [-0.1, -0.05) is 60.7 Å². The number of ether oxygens (including phenoxy) is 3. The van der Waals surface area contributed by atoms with Gasteiger partial charge in [0.25, 0.3) is 0 Å². The molecule has 1 aliphatic heterocycles. The molecule has 0 aromatic heterocycles. The van der Waals surface area contributed by atoms with Crippen molar-refractivity contribution in [2.45, 2.75) is 31.9 Å². The summed E-state index contributed by atoms with van der Waals surface area (Å²) in [5, 5.41) is 2.95. The van der Waals surface area contributed by atoms with Crippen LogP contribution in [0, 0.1) is 5.92 Å². The van der Waals surface area contributed by atoms with Gasteiger partial charge in [-0.3, -0.25) is 4.79 Å². The Morgan fingerprint density at radius 2 is 1.68 bits per heavy atom. The van der Waals surface area contributed by atoms with Crippen molar-refractivity contribution < 1.29 is 19.0 Å². The number of hydrogen-bond donors (Lipinski definition) is 1. The van der Waals surface area contributed by atoms with Crippen molar-refractivity contribution in [3.8, 4) is 0 Å². The van der Waals surface area contributed by atoms with Crippen LogP contribution >= 0.6 is 0 Å². The number of nitrogens with zero attached hydrogens (tertiary/aromatic N) is 1. The maximum atomic E-state index is 11.5. The van der Waals surface area contributed by atoms with E-state index in [4.69, 9.17) is 14.2 Å². The van der Waals surface area contributed by atoms with E-state index >= 15 is 0 Å². The van der Waals surface area contributed by atoms with Gasteiger partial charge >= 0.3 is 5.97 Å². The molecule has 1 N–H and O–H groups in total. The highest BCUT2D eigenvalue weighted by Crippen LogP contribution is 2.47. The summed E-state index contributed by atoms with van der Waals surface area (Å²) < 4.78 is 17.9. The number of rotatable bonds is 9. The Bertz CT molecular complexity index is 761. The van der Waals surface area contributed by atoms with Crippen LogP contribution in [0.4, 0.5) is 0 Å². The summed E-state index contributed by atoms with van der Waals surface area (Å²) in [6.07, 6.45) is 2.09. The summed E-state index contributed by atoms with van der Waals surface area (Å²) >= 11 is 0. The molecule has 0 spiro atoms. The largest absolute Gasteiger partial charge is 0.428 e. The minimum atomic E-state index is -1.37. The van der Waals surface area contributed by atoms with Crippen molar-refractivity contribution in [3.05, 3.63) is 71.8 Å². The standard InChI is InChI=1S/C22H26N2O4/c1-3-26-22(27-4-2)19(20(23-15-25)17-11-7-5-8-12-17)21(24-16-28-22)18-13-9-6-10-14-18/h5-16,19-21H,3-4H2,1-2H3,(H,23,25)/t19-,20+,21-/m0/s1. The van der Waals surface area contributed by atoms with E-state index in [-0.39, 0.29) is 6.04 Å². The van der Waals surface area contributed by atoms with Gasteiger partial charge in [-0.25, -0.2) is 4.99 Å². The van der Waals surface area contributed by atoms with Crippen LogP contribution in [0.15, 0.2) is 65.7 Å². The number of amides is 1. The fraction of sp³-hybridized carbons (Fsp3) is 0.364. The molecule has 3 rings (SSSR count). The maximum absolute atomic E-state index is 11.5. The molecule has 6 heteroatoms. The van der Waals surface area contributed by atoms with Gasteiger partial charge in [0.1, 0.15) is 5.92 Å². The van der Waals surface area contributed by atoms with Gasteiger partial charge in [0.05, 0.1) is 25.3 Å². The van der Waals surface area contributed by atoms with Crippen LogP contribution < -0.4 is 5.32 Å². The van der Waals surface area contributed by atoms with Gasteiger partial charge in [-0.05, 0) is 25.0 Å². The summed E-state index contributed by atoms with van der Waals surface area (Å²) in [7, 11) is 0. The fourth-order valence-corrected chi connectivity index (χ4v) is 3.71. The molecule has 6 nitrogen and oxygen atoms in total. The van der Waals surface area contributed by atoms with Crippen LogP contribution in [-0.4, -0.2) is 32.0 Å². The molecule has 0 unspecified atom stereocenters. The third kappa shape index (κ3) is 4.08. The average Bonchev–Trinajstić information content (AvgIpc) is 2.74. The average molecular weight is 382 g/mol. The van der Waals surface area contributed by atoms with E-state index in [1.165, 1.54) is 6.40 Å². The lowest BCUT2D eigenvalue weighted by atomic mass is 9.81. The smallest absolute Gasteiger partial charge is 0.335 e. The normalized spacial score (nSPS) is 21.5. The highest BCUT2D eigenvalue weighted by Gasteiger charge is 2.54. The molecule has 1 heterocycles.